The fraction of sp³-hybridized carbons (Fsp3) is 0.417. The monoisotopic (exact) mass is 357 g/mol. The number of aryl methyl sites for hydroxylation is 2. The predicted molar refractivity (Wildman–Crippen MR) is 103 cm³/mol. The number of fused-ring (bicyclic) bond motifs is 8. The predicted octanol–water partition coefficient (Wildman–Crippen LogP) is 4.09. The number of benzene rings is 2. The van der Waals surface area contributed by atoms with Crippen LogP contribution in [-0.2, 0) is 9.59 Å². The molecule has 3 heteroatoms. The zero-order valence-corrected chi connectivity index (χ0v) is 15.6. The second kappa shape index (κ2) is 5.09. The average molecular weight is 357 g/mol. The molecule has 2 aromatic rings. The van der Waals surface area contributed by atoms with Crippen molar-refractivity contribution in [3.8, 4) is 0 Å². The summed E-state index contributed by atoms with van der Waals surface area (Å²) >= 11 is 0. The number of rotatable bonds is 2. The number of nitrogens with zero attached hydrogens (tertiary/aromatic N) is 1. The first kappa shape index (κ1) is 15.6. The number of carbonyl (C=O) groups is 2. The van der Waals surface area contributed by atoms with Gasteiger partial charge in [0.05, 0.1) is 17.5 Å². The van der Waals surface area contributed by atoms with Crippen LogP contribution in [-0.4, -0.2) is 11.8 Å². The molecule has 0 spiro atoms. The van der Waals surface area contributed by atoms with Gasteiger partial charge in [-0.15, -0.1) is 0 Å². The largest absolute Gasteiger partial charge is 0.274 e. The second-order valence-electron chi connectivity index (χ2n) is 9.06. The van der Waals surface area contributed by atoms with Crippen LogP contribution >= 0.6 is 0 Å². The topological polar surface area (TPSA) is 37.4 Å². The molecule has 7 atom stereocenters. The fourth-order valence-electron chi connectivity index (χ4n) is 6.75. The van der Waals surface area contributed by atoms with Crippen LogP contribution in [0.2, 0.25) is 0 Å². The van der Waals surface area contributed by atoms with E-state index in [-0.39, 0.29) is 23.7 Å². The molecule has 6 rings (SSSR count). The van der Waals surface area contributed by atoms with Gasteiger partial charge < -0.3 is 0 Å². The number of hydrogen-bond acceptors (Lipinski definition) is 2. The molecular formula is C24H23NO2. The lowest BCUT2D eigenvalue weighted by atomic mass is 9.81. The van der Waals surface area contributed by atoms with Gasteiger partial charge in [-0.1, -0.05) is 47.5 Å². The van der Waals surface area contributed by atoms with E-state index >= 15 is 0 Å². The van der Waals surface area contributed by atoms with Gasteiger partial charge in [0.25, 0.3) is 0 Å². The van der Waals surface area contributed by atoms with Gasteiger partial charge in [0, 0.05) is 0 Å². The minimum Gasteiger partial charge on any atom is -0.274 e. The number of anilines is 1. The minimum absolute atomic E-state index is 0.0506. The average Bonchev–Trinajstić information content (AvgIpc) is 3.00. The molecular weight excluding hydrogens is 334 g/mol. The van der Waals surface area contributed by atoms with E-state index in [9.17, 15) is 9.59 Å². The molecule has 0 radical (unpaired) electrons. The first-order valence-corrected chi connectivity index (χ1v) is 10.1. The molecule has 2 aromatic carbocycles. The van der Waals surface area contributed by atoms with Crippen molar-refractivity contribution in [1.82, 2.24) is 0 Å². The van der Waals surface area contributed by atoms with Gasteiger partial charge in [0.15, 0.2) is 0 Å². The van der Waals surface area contributed by atoms with Crippen LogP contribution in [0.1, 0.15) is 29.0 Å². The summed E-state index contributed by atoms with van der Waals surface area (Å²) in [6.07, 6.45) is 1.08. The van der Waals surface area contributed by atoms with Gasteiger partial charge >= 0.3 is 0 Å². The molecule has 4 aliphatic rings. The zero-order valence-electron chi connectivity index (χ0n) is 15.6. The van der Waals surface area contributed by atoms with Crippen molar-refractivity contribution in [2.24, 2.45) is 35.5 Å². The second-order valence-corrected chi connectivity index (χ2v) is 9.06. The third-order valence-corrected chi connectivity index (χ3v) is 7.71. The Balaban J connectivity index is 1.32. The molecule has 1 heterocycles. The highest BCUT2D eigenvalue weighted by Crippen LogP contribution is 2.77. The summed E-state index contributed by atoms with van der Waals surface area (Å²) in [6.45, 7) is 4.16. The van der Waals surface area contributed by atoms with Crippen molar-refractivity contribution < 1.29 is 9.59 Å². The van der Waals surface area contributed by atoms with Gasteiger partial charge in [0.2, 0.25) is 11.8 Å². The van der Waals surface area contributed by atoms with E-state index in [0.717, 1.165) is 17.7 Å². The molecule has 1 aliphatic heterocycles. The summed E-state index contributed by atoms with van der Waals surface area (Å²) in [4.78, 5) is 28.0. The van der Waals surface area contributed by atoms with Gasteiger partial charge in [-0.2, -0.15) is 0 Å². The standard InChI is InChI=1S/C24H23NO2/c1-12-6-8-15(9-7-12)25-23(26)21-16-11-17(22(21)24(25)27)20-18(19(16)20)14-5-3-4-13(2)10-14/h3-10,16-22H,11H2,1-2H3/t16-,17+,18?,19-,20+,21+,22-. The number of amides is 2. The molecule has 2 bridgehead atoms. The Kier molecular flexibility index (Phi) is 2.95. The molecule has 136 valence electrons. The van der Waals surface area contributed by atoms with Crippen LogP contribution < -0.4 is 4.90 Å². The van der Waals surface area contributed by atoms with Crippen LogP contribution in [0.5, 0.6) is 0 Å². The molecule has 27 heavy (non-hydrogen) atoms. The van der Waals surface area contributed by atoms with E-state index in [1.54, 1.807) is 0 Å². The van der Waals surface area contributed by atoms with Gasteiger partial charge in [-0.05, 0) is 67.6 Å². The summed E-state index contributed by atoms with van der Waals surface area (Å²) in [5, 5.41) is 0. The summed E-state index contributed by atoms with van der Waals surface area (Å²) < 4.78 is 0. The van der Waals surface area contributed by atoms with Crippen molar-refractivity contribution in [3.05, 3.63) is 65.2 Å². The Morgan fingerprint density at radius 3 is 2.00 bits per heavy atom. The van der Waals surface area contributed by atoms with Crippen LogP contribution in [0, 0.1) is 49.4 Å². The molecule has 0 N–H and O–H groups in total. The normalized spacial score (nSPS) is 38.3. The molecule has 3 saturated carbocycles. The SMILES string of the molecule is Cc1ccc(N2C(=O)[C@@H]3[C@H]4C[C@@H]([C@@H]3C2=O)[C@@H]2C(c3cccc(C)c3)[C@H]42)cc1. The summed E-state index contributed by atoms with van der Waals surface area (Å²) in [6, 6.07) is 16.6. The summed E-state index contributed by atoms with van der Waals surface area (Å²) in [5.74, 6) is 2.49. The van der Waals surface area contributed by atoms with Crippen LogP contribution in [0.25, 0.3) is 0 Å². The molecule has 0 aromatic heterocycles. The molecule has 3 nitrogen and oxygen atoms in total. The fourth-order valence-corrected chi connectivity index (χ4v) is 6.75. The quantitative estimate of drug-likeness (QED) is 0.759. The van der Waals surface area contributed by atoms with Crippen LogP contribution in [0.3, 0.4) is 0 Å². The zero-order chi connectivity index (χ0) is 18.4. The van der Waals surface area contributed by atoms with Crippen LogP contribution in [0.4, 0.5) is 5.69 Å². The van der Waals surface area contributed by atoms with E-state index in [1.165, 1.54) is 16.0 Å². The third kappa shape index (κ3) is 1.92. The number of imide groups is 1. The Morgan fingerprint density at radius 2 is 1.41 bits per heavy atom. The lowest BCUT2D eigenvalue weighted by molar-refractivity contribution is -0.123. The maximum absolute atomic E-state index is 13.2. The molecule has 3 aliphatic carbocycles. The Hall–Kier alpha value is -2.42. The Bertz CT molecular complexity index is 944. The van der Waals surface area contributed by atoms with Gasteiger partial charge in [-0.3, -0.25) is 14.5 Å². The lowest BCUT2D eigenvalue weighted by Crippen LogP contribution is -2.33. The van der Waals surface area contributed by atoms with Gasteiger partial charge in [0.1, 0.15) is 0 Å². The van der Waals surface area contributed by atoms with Crippen molar-refractivity contribution in [3.63, 3.8) is 0 Å². The lowest BCUT2D eigenvalue weighted by Gasteiger charge is -2.19. The number of hydrogen-bond donors (Lipinski definition) is 0. The van der Waals surface area contributed by atoms with Crippen molar-refractivity contribution in [2.75, 3.05) is 4.90 Å². The summed E-state index contributed by atoms with van der Waals surface area (Å²) in [7, 11) is 0. The molecule has 1 unspecified atom stereocenters. The molecule has 4 fully saturated rings. The molecule has 2 amide bonds. The van der Waals surface area contributed by atoms with Crippen molar-refractivity contribution in [2.45, 2.75) is 26.2 Å². The van der Waals surface area contributed by atoms with Crippen LogP contribution in [0.15, 0.2) is 48.5 Å². The third-order valence-electron chi connectivity index (χ3n) is 7.71. The highest BCUT2D eigenvalue weighted by atomic mass is 16.2. The minimum atomic E-state index is -0.0835. The first-order chi connectivity index (χ1) is 13.1. The maximum Gasteiger partial charge on any atom is 0.237 e. The van der Waals surface area contributed by atoms with Crippen molar-refractivity contribution >= 4 is 17.5 Å². The van der Waals surface area contributed by atoms with E-state index in [4.69, 9.17) is 0 Å². The van der Waals surface area contributed by atoms with E-state index in [1.807, 2.05) is 31.2 Å². The smallest absolute Gasteiger partial charge is 0.237 e. The van der Waals surface area contributed by atoms with Gasteiger partial charge in [-0.25, -0.2) is 0 Å². The Labute approximate surface area is 159 Å². The highest BCUT2D eigenvalue weighted by Gasteiger charge is 2.76. The van der Waals surface area contributed by atoms with Crippen molar-refractivity contribution in [1.29, 1.82) is 0 Å². The molecule has 1 saturated heterocycles. The van der Waals surface area contributed by atoms with E-state index in [0.29, 0.717) is 29.6 Å². The summed E-state index contributed by atoms with van der Waals surface area (Å²) in [5.41, 5.74) is 4.59. The number of carbonyl (C=O) groups excluding carboxylic acids is 2. The van der Waals surface area contributed by atoms with E-state index in [2.05, 4.69) is 31.2 Å². The highest BCUT2D eigenvalue weighted by molar-refractivity contribution is 6.22. The first-order valence-electron chi connectivity index (χ1n) is 10.1. The maximum atomic E-state index is 13.2. The Morgan fingerprint density at radius 1 is 0.778 bits per heavy atom. The van der Waals surface area contributed by atoms with E-state index < -0.39 is 0 Å².